The molecule has 0 unspecified atom stereocenters. The van der Waals surface area contributed by atoms with Crippen molar-refractivity contribution >= 4 is 11.8 Å². The topological polar surface area (TPSA) is 91.9 Å². The number of carbonyl (C=O) groups is 2. The second-order valence-corrected chi connectivity index (χ2v) is 7.17. The summed E-state index contributed by atoms with van der Waals surface area (Å²) in [5.74, 6) is -0.810. The number of benzene rings is 2. The number of aromatic nitrogens is 5. The highest BCUT2D eigenvalue weighted by Gasteiger charge is 2.24. The van der Waals surface area contributed by atoms with Crippen molar-refractivity contribution in [1.29, 1.82) is 0 Å². The minimum atomic E-state index is -0.920. The van der Waals surface area contributed by atoms with E-state index in [2.05, 4.69) is 15.5 Å². The number of aryl methyl sites for hydroxylation is 1. The predicted octanol–water partition coefficient (Wildman–Crippen LogP) is 3.50. The molecule has 0 saturated heterocycles. The fourth-order valence-electron chi connectivity index (χ4n) is 3.52. The van der Waals surface area contributed by atoms with Gasteiger partial charge in [-0.1, -0.05) is 18.2 Å². The minimum Gasteiger partial charge on any atom is -0.451 e. The summed E-state index contributed by atoms with van der Waals surface area (Å²) >= 11 is 0. The Bertz CT molecular complexity index is 1210. The van der Waals surface area contributed by atoms with Gasteiger partial charge in [-0.05, 0) is 73.7 Å². The van der Waals surface area contributed by atoms with Crippen LogP contribution >= 0.6 is 0 Å². The zero-order valence-electron chi connectivity index (χ0n) is 17.4. The highest BCUT2D eigenvalue weighted by atomic mass is 16.5. The number of ether oxygens (including phenoxy) is 1. The molecular formula is C23H21N5O3. The van der Waals surface area contributed by atoms with Gasteiger partial charge in [0.25, 0.3) is 0 Å². The number of tetrazole rings is 1. The quantitative estimate of drug-likeness (QED) is 0.354. The Kier molecular flexibility index (Phi) is 5.44. The van der Waals surface area contributed by atoms with E-state index in [4.69, 9.17) is 4.74 Å². The van der Waals surface area contributed by atoms with Gasteiger partial charge >= 0.3 is 5.97 Å². The summed E-state index contributed by atoms with van der Waals surface area (Å²) in [6.45, 7) is 5.42. The van der Waals surface area contributed by atoms with Crippen LogP contribution in [-0.4, -0.2) is 42.6 Å². The maximum Gasteiger partial charge on any atom is 0.338 e. The Hall–Kier alpha value is -4.07. The lowest BCUT2D eigenvalue weighted by Crippen LogP contribution is -2.25. The Morgan fingerprint density at radius 3 is 2.32 bits per heavy atom. The third-order valence-corrected chi connectivity index (χ3v) is 5.08. The maximum atomic E-state index is 13.0. The predicted molar refractivity (Wildman–Crippen MR) is 114 cm³/mol. The summed E-state index contributed by atoms with van der Waals surface area (Å²) in [6, 6.07) is 18.3. The fourth-order valence-corrected chi connectivity index (χ4v) is 3.52. The van der Waals surface area contributed by atoms with Crippen LogP contribution in [0.3, 0.4) is 0 Å². The number of esters is 1. The smallest absolute Gasteiger partial charge is 0.338 e. The molecule has 0 amide bonds. The van der Waals surface area contributed by atoms with E-state index in [0.29, 0.717) is 16.8 Å². The average Bonchev–Trinajstić information content (AvgIpc) is 3.42. The molecule has 2 aromatic carbocycles. The average molecular weight is 415 g/mol. The van der Waals surface area contributed by atoms with Crippen molar-refractivity contribution in [2.45, 2.75) is 26.9 Å². The van der Waals surface area contributed by atoms with Crippen LogP contribution in [0, 0.1) is 13.8 Å². The molecule has 0 aliphatic rings. The van der Waals surface area contributed by atoms with Crippen LogP contribution in [0.5, 0.6) is 0 Å². The molecule has 0 spiro atoms. The Labute approximate surface area is 179 Å². The summed E-state index contributed by atoms with van der Waals surface area (Å²) < 4.78 is 8.94. The van der Waals surface area contributed by atoms with Gasteiger partial charge in [0.1, 0.15) is 6.33 Å². The SMILES string of the molecule is Cc1cc(C(=O)[C@H](C)OC(=O)c2ccc(-n3cnnn3)cc2)c(C)n1-c1ccccc1. The van der Waals surface area contributed by atoms with Crippen molar-refractivity contribution in [2.75, 3.05) is 0 Å². The van der Waals surface area contributed by atoms with Crippen molar-refractivity contribution in [2.24, 2.45) is 0 Å². The minimum absolute atomic E-state index is 0.242. The van der Waals surface area contributed by atoms with Gasteiger partial charge in [-0.3, -0.25) is 4.79 Å². The maximum absolute atomic E-state index is 13.0. The second kappa shape index (κ2) is 8.35. The van der Waals surface area contributed by atoms with Gasteiger partial charge in [-0.15, -0.1) is 5.10 Å². The highest BCUT2D eigenvalue weighted by molar-refractivity contribution is 6.02. The van der Waals surface area contributed by atoms with E-state index < -0.39 is 12.1 Å². The van der Waals surface area contributed by atoms with E-state index in [1.54, 1.807) is 31.2 Å². The van der Waals surface area contributed by atoms with Gasteiger partial charge in [0, 0.05) is 22.6 Å². The zero-order chi connectivity index (χ0) is 22.0. The van der Waals surface area contributed by atoms with Gasteiger partial charge in [-0.25, -0.2) is 9.48 Å². The van der Waals surface area contributed by atoms with Gasteiger partial charge in [0.2, 0.25) is 5.78 Å². The van der Waals surface area contributed by atoms with Crippen molar-refractivity contribution in [1.82, 2.24) is 24.8 Å². The molecule has 8 heteroatoms. The first-order chi connectivity index (χ1) is 15.0. The van der Waals surface area contributed by atoms with Crippen molar-refractivity contribution in [3.63, 3.8) is 0 Å². The molecule has 0 fully saturated rings. The molecular weight excluding hydrogens is 394 g/mol. The molecule has 8 nitrogen and oxygen atoms in total. The van der Waals surface area contributed by atoms with E-state index >= 15 is 0 Å². The first-order valence-electron chi connectivity index (χ1n) is 9.78. The van der Waals surface area contributed by atoms with E-state index in [1.807, 2.05) is 54.8 Å². The molecule has 2 aromatic heterocycles. The number of nitrogens with zero attached hydrogens (tertiary/aromatic N) is 5. The lowest BCUT2D eigenvalue weighted by atomic mass is 10.1. The lowest BCUT2D eigenvalue weighted by Gasteiger charge is -2.13. The van der Waals surface area contributed by atoms with E-state index in [-0.39, 0.29) is 5.78 Å². The molecule has 0 aliphatic heterocycles. The summed E-state index contributed by atoms with van der Waals surface area (Å²) in [7, 11) is 0. The molecule has 4 aromatic rings. The van der Waals surface area contributed by atoms with Crippen molar-refractivity contribution in [3.05, 3.63) is 89.5 Å². The first-order valence-corrected chi connectivity index (χ1v) is 9.78. The van der Waals surface area contributed by atoms with Crippen LogP contribution in [-0.2, 0) is 4.74 Å². The van der Waals surface area contributed by atoms with Crippen LogP contribution in [0.15, 0.2) is 67.0 Å². The molecule has 0 radical (unpaired) electrons. The Morgan fingerprint density at radius 1 is 0.968 bits per heavy atom. The Balaban J connectivity index is 1.49. The van der Waals surface area contributed by atoms with E-state index in [1.165, 1.54) is 11.0 Å². The van der Waals surface area contributed by atoms with Crippen LogP contribution in [0.2, 0.25) is 0 Å². The van der Waals surface area contributed by atoms with Crippen LogP contribution < -0.4 is 0 Å². The molecule has 0 aliphatic carbocycles. The zero-order valence-corrected chi connectivity index (χ0v) is 17.4. The first kappa shape index (κ1) is 20.2. The second-order valence-electron chi connectivity index (χ2n) is 7.17. The molecule has 156 valence electrons. The van der Waals surface area contributed by atoms with Crippen molar-refractivity contribution in [3.8, 4) is 11.4 Å². The number of para-hydroxylation sites is 1. The molecule has 2 heterocycles. The number of hydrogen-bond donors (Lipinski definition) is 0. The third-order valence-electron chi connectivity index (χ3n) is 5.08. The summed E-state index contributed by atoms with van der Waals surface area (Å²) in [6.07, 6.45) is 0.538. The monoisotopic (exact) mass is 415 g/mol. The summed E-state index contributed by atoms with van der Waals surface area (Å²) in [5, 5.41) is 11.0. The number of Topliss-reactive ketones (excluding diaryl/α,β-unsaturated/α-hetero) is 1. The van der Waals surface area contributed by atoms with Gasteiger partial charge in [0.15, 0.2) is 6.10 Å². The van der Waals surface area contributed by atoms with E-state index in [9.17, 15) is 9.59 Å². The van der Waals surface area contributed by atoms with E-state index in [0.717, 1.165) is 17.1 Å². The normalized spacial score (nSPS) is 11.8. The number of hydrogen-bond acceptors (Lipinski definition) is 6. The van der Waals surface area contributed by atoms with Gasteiger partial charge in [-0.2, -0.15) is 0 Å². The molecule has 31 heavy (non-hydrogen) atoms. The molecule has 0 saturated carbocycles. The molecule has 1 atom stereocenters. The molecule has 0 bridgehead atoms. The van der Waals surface area contributed by atoms with Crippen LogP contribution in [0.25, 0.3) is 11.4 Å². The molecule has 0 N–H and O–H groups in total. The van der Waals surface area contributed by atoms with Crippen LogP contribution in [0.4, 0.5) is 0 Å². The van der Waals surface area contributed by atoms with Gasteiger partial charge < -0.3 is 9.30 Å². The standard InChI is InChI=1S/C23H21N5O3/c1-15-13-21(16(2)28(15)20-7-5-4-6-8-20)22(29)17(3)31-23(30)18-9-11-19(12-10-18)27-14-24-25-26-27/h4-14,17H,1-3H3/t17-/m0/s1. The summed E-state index contributed by atoms with van der Waals surface area (Å²) in [5.41, 5.74) is 4.30. The third kappa shape index (κ3) is 4.00. The Morgan fingerprint density at radius 2 is 1.68 bits per heavy atom. The van der Waals surface area contributed by atoms with Gasteiger partial charge in [0.05, 0.1) is 11.3 Å². The van der Waals surface area contributed by atoms with Crippen LogP contribution in [0.1, 0.15) is 39.0 Å². The molecule has 4 rings (SSSR count). The van der Waals surface area contributed by atoms with Crippen molar-refractivity contribution < 1.29 is 14.3 Å². The number of carbonyl (C=O) groups excluding carboxylic acids is 2. The number of ketones is 1. The summed E-state index contributed by atoms with van der Waals surface area (Å²) in [4.78, 5) is 25.6. The largest absolute Gasteiger partial charge is 0.451 e. The number of rotatable bonds is 6. The highest BCUT2D eigenvalue weighted by Crippen LogP contribution is 2.22. The fraction of sp³-hybridized carbons (Fsp3) is 0.174. The lowest BCUT2D eigenvalue weighted by molar-refractivity contribution is 0.0318.